The van der Waals surface area contributed by atoms with E-state index in [-0.39, 0.29) is 0 Å². The molecule has 0 aliphatic heterocycles. The molecule has 6 heteroatoms. The first-order valence-corrected chi connectivity index (χ1v) is 15.8. The van der Waals surface area contributed by atoms with Crippen molar-refractivity contribution in [3.8, 4) is 11.1 Å². The zero-order valence-corrected chi connectivity index (χ0v) is 26.9. The van der Waals surface area contributed by atoms with E-state index in [1.807, 2.05) is 104 Å². The Kier molecular flexibility index (Phi) is 13.5. The van der Waals surface area contributed by atoms with Gasteiger partial charge < -0.3 is 14.8 Å². The van der Waals surface area contributed by atoms with Gasteiger partial charge >= 0.3 is 5.97 Å². The summed E-state index contributed by atoms with van der Waals surface area (Å²) >= 11 is 6.29. The number of aliphatic hydroxyl groups excluding tert-OH is 1. The minimum Gasteiger partial charge on any atom is -0.481 e. The Morgan fingerprint density at radius 3 is 1.93 bits per heavy atom. The Morgan fingerprint density at radius 2 is 1.37 bits per heavy atom. The van der Waals surface area contributed by atoms with E-state index in [0.29, 0.717) is 31.6 Å². The van der Waals surface area contributed by atoms with E-state index in [4.69, 9.17) is 16.7 Å². The number of carboxylic acid groups (broad SMARTS) is 1. The highest BCUT2D eigenvalue weighted by molar-refractivity contribution is 6.31. The van der Waals surface area contributed by atoms with Crippen molar-refractivity contribution < 1.29 is 15.0 Å². The van der Waals surface area contributed by atoms with Crippen LogP contribution in [0.4, 0.5) is 0 Å². The molecule has 4 unspecified atom stereocenters. The SMILES string of the molecule is CCC(C(=O)O)c1ccc(-c2ccccc2)cc1.CCC(C)N(CC(O)c1cccn1Cc1ccccc1Cl)C(C)CC. The molecule has 230 valence electrons. The minimum absolute atomic E-state index is 0.408. The van der Waals surface area contributed by atoms with Crippen molar-refractivity contribution in [1.29, 1.82) is 0 Å². The first kappa shape index (κ1) is 34.1. The summed E-state index contributed by atoms with van der Waals surface area (Å²) in [4.78, 5) is 13.5. The van der Waals surface area contributed by atoms with Crippen LogP contribution >= 0.6 is 11.6 Å². The molecule has 0 bridgehead atoms. The molecule has 4 rings (SSSR count). The lowest BCUT2D eigenvalue weighted by molar-refractivity contribution is -0.138. The van der Waals surface area contributed by atoms with E-state index >= 15 is 0 Å². The number of aliphatic hydroxyl groups is 1. The Hall–Kier alpha value is -3.38. The molecule has 0 saturated heterocycles. The van der Waals surface area contributed by atoms with Crippen LogP contribution in [0, 0.1) is 0 Å². The number of aromatic nitrogens is 1. The van der Waals surface area contributed by atoms with Crippen LogP contribution in [0.25, 0.3) is 11.1 Å². The van der Waals surface area contributed by atoms with Crippen LogP contribution < -0.4 is 0 Å². The average molecular weight is 603 g/mol. The normalized spacial score (nSPS) is 14.0. The Labute approximate surface area is 262 Å². The zero-order chi connectivity index (χ0) is 31.4. The summed E-state index contributed by atoms with van der Waals surface area (Å²) in [5.41, 5.74) is 5.13. The average Bonchev–Trinajstić information content (AvgIpc) is 3.50. The van der Waals surface area contributed by atoms with Gasteiger partial charge in [-0.25, -0.2) is 0 Å². The molecule has 0 aliphatic carbocycles. The molecule has 0 amide bonds. The molecule has 2 N–H and O–H groups in total. The lowest BCUT2D eigenvalue weighted by Gasteiger charge is -2.35. The highest BCUT2D eigenvalue weighted by Crippen LogP contribution is 2.25. The van der Waals surface area contributed by atoms with Crippen molar-refractivity contribution in [2.24, 2.45) is 0 Å². The molecule has 1 aromatic heterocycles. The third kappa shape index (κ3) is 9.56. The van der Waals surface area contributed by atoms with Crippen molar-refractivity contribution in [3.05, 3.63) is 119 Å². The maximum absolute atomic E-state index is 11.1. The van der Waals surface area contributed by atoms with Gasteiger partial charge in [-0.2, -0.15) is 0 Å². The molecule has 0 aliphatic rings. The van der Waals surface area contributed by atoms with Gasteiger partial charge in [0.15, 0.2) is 0 Å². The van der Waals surface area contributed by atoms with Gasteiger partial charge in [0.25, 0.3) is 0 Å². The quantitative estimate of drug-likeness (QED) is 0.160. The second-order valence-corrected chi connectivity index (χ2v) is 11.6. The van der Waals surface area contributed by atoms with E-state index < -0.39 is 18.0 Å². The third-order valence-corrected chi connectivity index (χ3v) is 8.70. The second-order valence-electron chi connectivity index (χ2n) is 11.2. The van der Waals surface area contributed by atoms with Crippen LogP contribution in [0.1, 0.15) is 82.7 Å². The van der Waals surface area contributed by atoms with Gasteiger partial charge in [-0.3, -0.25) is 9.69 Å². The second kappa shape index (κ2) is 17.0. The standard InChI is InChI=1S/C21H31ClN2O.C16H16O2/c1-5-16(3)24(17(4)6-2)15-21(25)20-12-9-13-23(20)14-18-10-7-8-11-19(18)22;1-2-15(16(17)18)14-10-8-13(9-11-14)12-6-4-3-5-7-12/h7-13,16-17,21,25H,5-6,14-15H2,1-4H3;3-11,15H,2H2,1H3,(H,17,18). The Morgan fingerprint density at radius 1 is 0.791 bits per heavy atom. The number of rotatable bonds is 13. The van der Waals surface area contributed by atoms with Crippen molar-refractivity contribution in [2.45, 2.75) is 84.5 Å². The predicted octanol–water partition coefficient (Wildman–Crippen LogP) is 9.05. The summed E-state index contributed by atoms with van der Waals surface area (Å²) < 4.78 is 2.09. The summed E-state index contributed by atoms with van der Waals surface area (Å²) in [5.74, 6) is -1.17. The maximum Gasteiger partial charge on any atom is 0.310 e. The molecular formula is C37H47ClN2O3. The number of aliphatic carboxylic acids is 1. The van der Waals surface area contributed by atoms with E-state index in [0.717, 1.165) is 45.8 Å². The fraction of sp³-hybridized carbons (Fsp3) is 0.378. The molecule has 4 aromatic rings. The van der Waals surface area contributed by atoms with Crippen LogP contribution in [0.5, 0.6) is 0 Å². The van der Waals surface area contributed by atoms with Gasteiger partial charge in [-0.05, 0) is 73.6 Å². The fourth-order valence-corrected chi connectivity index (χ4v) is 5.53. The van der Waals surface area contributed by atoms with Crippen molar-refractivity contribution >= 4 is 17.6 Å². The molecule has 0 spiro atoms. The van der Waals surface area contributed by atoms with Gasteiger partial charge in [0.2, 0.25) is 0 Å². The van der Waals surface area contributed by atoms with Crippen LogP contribution in [0.3, 0.4) is 0 Å². The first-order chi connectivity index (χ1) is 20.7. The summed E-state index contributed by atoms with van der Waals surface area (Å²) in [6, 6.07) is 30.6. The summed E-state index contributed by atoms with van der Waals surface area (Å²) in [7, 11) is 0. The largest absolute Gasteiger partial charge is 0.481 e. The number of hydrogen-bond donors (Lipinski definition) is 2. The Balaban J connectivity index is 0.000000248. The van der Waals surface area contributed by atoms with E-state index in [1.54, 1.807) is 0 Å². The molecular weight excluding hydrogens is 556 g/mol. The monoisotopic (exact) mass is 602 g/mol. The topological polar surface area (TPSA) is 65.7 Å². The molecule has 43 heavy (non-hydrogen) atoms. The highest BCUT2D eigenvalue weighted by atomic mass is 35.5. The number of carboxylic acids is 1. The van der Waals surface area contributed by atoms with Gasteiger partial charge in [-0.15, -0.1) is 0 Å². The molecule has 3 aromatic carbocycles. The van der Waals surface area contributed by atoms with Gasteiger partial charge in [-0.1, -0.05) is 105 Å². The number of carbonyl (C=O) groups is 1. The van der Waals surface area contributed by atoms with Gasteiger partial charge in [0.05, 0.1) is 5.92 Å². The van der Waals surface area contributed by atoms with E-state index in [2.05, 4.69) is 37.2 Å². The number of hydrogen-bond acceptors (Lipinski definition) is 3. The Bertz CT molecular complexity index is 1380. The number of benzene rings is 3. The molecule has 1 heterocycles. The van der Waals surface area contributed by atoms with Crippen molar-refractivity contribution in [1.82, 2.24) is 9.47 Å². The zero-order valence-electron chi connectivity index (χ0n) is 26.2. The predicted molar refractivity (Wildman–Crippen MR) is 179 cm³/mol. The summed E-state index contributed by atoms with van der Waals surface area (Å²) in [6.07, 6.45) is 4.27. The van der Waals surface area contributed by atoms with Gasteiger partial charge in [0, 0.05) is 42.1 Å². The number of nitrogens with zero attached hydrogens (tertiary/aromatic N) is 2. The first-order valence-electron chi connectivity index (χ1n) is 15.4. The van der Waals surface area contributed by atoms with Gasteiger partial charge in [0.1, 0.15) is 6.10 Å². The molecule has 0 fully saturated rings. The lowest BCUT2D eigenvalue weighted by atomic mass is 9.94. The fourth-order valence-electron chi connectivity index (χ4n) is 5.33. The van der Waals surface area contributed by atoms with E-state index in [9.17, 15) is 9.90 Å². The van der Waals surface area contributed by atoms with Crippen LogP contribution in [0.15, 0.2) is 97.2 Å². The number of halogens is 1. The van der Waals surface area contributed by atoms with Crippen LogP contribution in [-0.4, -0.2) is 44.3 Å². The molecule has 5 nitrogen and oxygen atoms in total. The maximum atomic E-state index is 11.1. The molecule has 0 radical (unpaired) electrons. The smallest absolute Gasteiger partial charge is 0.310 e. The summed E-state index contributed by atoms with van der Waals surface area (Å²) in [5, 5.41) is 20.8. The minimum atomic E-state index is -0.759. The van der Waals surface area contributed by atoms with Crippen LogP contribution in [-0.2, 0) is 11.3 Å². The van der Waals surface area contributed by atoms with Crippen LogP contribution in [0.2, 0.25) is 5.02 Å². The van der Waals surface area contributed by atoms with Crippen molar-refractivity contribution in [2.75, 3.05) is 6.54 Å². The summed E-state index contributed by atoms with van der Waals surface area (Å²) in [6.45, 7) is 12.1. The highest BCUT2D eigenvalue weighted by Gasteiger charge is 2.23. The molecule has 4 atom stereocenters. The van der Waals surface area contributed by atoms with E-state index in [1.165, 1.54) is 0 Å². The third-order valence-electron chi connectivity index (χ3n) is 8.33. The molecule has 0 saturated carbocycles. The van der Waals surface area contributed by atoms with Crippen molar-refractivity contribution in [3.63, 3.8) is 0 Å². The lowest BCUT2D eigenvalue weighted by Crippen LogP contribution is -2.42.